The number of para-hydroxylation sites is 1. The van der Waals surface area contributed by atoms with E-state index in [1.807, 2.05) is 30.0 Å². The lowest BCUT2D eigenvalue weighted by Gasteiger charge is -2.41. The molecule has 0 aliphatic carbocycles. The first-order valence-corrected chi connectivity index (χ1v) is 12.9. The SMILES string of the molecule is C[C@@H]1Cc2c([nH]c3ccccc23)[C@@H](c2ccc(CC3CN(CCCF)C3)s2)N1CC(F)(F)CO. The number of aromatic amines is 1. The van der Waals surface area contributed by atoms with Crippen LogP contribution in [0.25, 0.3) is 10.9 Å². The Balaban J connectivity index is 1.43. The van der Waals surface area contributed by atoms with Crippen LogP contribution in [-0.2, 0) is 12.8 Å². The lowest BCUT2D eigenvalue weighted by Crippen LogP contribution is -2.49. The molecule has 8 heteroatoms. The molecule has 1 saturated heterocycles. The molecule has 1 fully saturated rings. The molecule has 2 N–H and O–H groups in total. The van der Waals surface area contributed by atoms with Gasteiger partial charge in [0.1, 0.15) is 6.61 Å². The van der Waals surface area contributed by atoms with E-state index in [-0.39, 0.29) is 18.8 Å². The Morgan fingerprint density at radius 2 is 1.97 bits per heavy atom. The third-order valence-electron chi connectivity index (χ3n) is 7.25. The van der Waals surface area contributed by atoms with Gasteiger partial charge in [-0.25, -0.2) is 8.78 Å². The molecule has 0 unspecified atom stereocenters. The number of hydrogen-bond donors (Lipinski definition) is 2. The van der Waals surface area contributed by atoms with Gasteiger partial charge in [0.25, 0.3) is 5.92 Å². The van der Waals surface area contributed by atoms with E-state index in [0.717, 1.165) is 47.5 Å². The first-order chi connectivity index (χ1) is 16.4. The predicted molar refractivity (Wildman–Crippen MR) is 131 cm³/mol. The van der Waals surface area contributed by atoms with E-state index in [1.165, 1.54) is 10.4 Å². The maximum absolute atomic E-state index is 14.4. The molecule has 0 bridgehead atoms. The van der Waals surface area contributed by atoms with Gasteiger partial charge in [-0.05, 0) is 55.9 Å². The Kier molecular flexibility index (Phi) is 6.77. The fourth-order valence-electron chi connectivity index (χ4n) is 5.58. The molecule has 2 aliphatic rings. The summed E-state index contributed by atoms with van der Waals surface area (Å²) >= 11 is 1.70. The van der Waals surface area contributed by atoms with E-state index in [1.54, 1.807) is 11.3 Å². The zero-order valence-electron chi connectivity index (χ0n) is 19.4. The van der Waals surface area contributed by atoms with Crippen LogP contribution < -0.4 is 0 Å². The van der Waals surface area contributed by atoms with Crippen molar-refractivity contribution >= 4 is 22.2 Å². The van der Waals surface area contributed by atoms with Crippen molar-refractivity contribution in [3.8, 4) is 0 Å². The molecular weight excluding hydrogens is 459 g/mol. The van der Waals surface area contributed by atoms with Gasteiger partial charge in [0, 0.05) is 52.0 Å². The Morgan fingerprint density at radius 1 is 1.18 bits per heavy atom. The number of rotatable bonds is 9. The van der Waals surface area contributed by atoms with Crippen LogP contribution in [0.1, 0.15) is 40.4 Å². The summed E-state index contributed by atoms with van der Waals surface area (Å²) in [5.74, 6) is -2.60. The number of fused-ring (bicyclic) bond motifs is 3. The van der Waals surface area contributed by atoms with Crippen molar-refractivity contribution in [2.75, 3.05) is 39.5 Å². The molecule has 184 valence electrons. The molecule has 0 spiro atoms. The van der Waals surface area contributed by atoms with Crippen molar-refractivity contribution in [2.24, 2.45) is 5.92 Å². The minimum absolute atomic E-state index is 0.0876. The van der Waals surface area contributed by atoms with Crippen molar-refractivity contribution in [3.05, 3.63) is 57.4 Å². The number of halogens is 3. The molecule has 2 atom stereocenters. The number of thiophene rings is 1. The lowest BCUT2D eigenvalue weighted by atomic mass is 9.91. The van der Waals surface area contributed by atoms with Gasteiger partial charge in [0.05, 0.1) is 19.3 Å². The van der Waals surface area contributed by atoms with E-state index in [2.05, 4.69) is 28.1 Å². The first-order valence-electron chi connectivity index (χ1n) is 12.1. The zero-order chi connectivity index (χ0) is 23.9. The van der Waals surface area contributed by atoms with E-state index >= 15 is 0 Å². The standard InChI is InChI=1S/C26H32F3N3OS/c1-17-11-21-20-5-2-3-6-22(20)30-24(21)25(32(17)15-26(28,29)16-33)23-8-7-19(34-23)12-18-13-31(14-18)10-4-9-27/h2-3,5-8,17-18,25,30,33H,4,9-16H2,1H3/t17-,25-/m1/s1. The summed E-state index contributed by atoms with van der Waals surface area (Å²) in [6.45, 7) is 2.91. The van der Waals surface area contributed by atoms with Gasteiger partial charge in [-0.3, -0.25) is 9.29 Å². The van der Waals surface area contributed by atoms with Crippen LogP contribution in [0.4, 0.5) is 13.2 Å². The van der Waals surface area contributed by atoms with Crippen LogP contribution in [0.2, 0.25) is 0 Å². The smallest absolute Gasteiger partial charge is 0.283 e. The predicted octanol–water partition coefficient (Wildman–Crippen LogP) is 5.03. The van der Waals surface area contributed by atoms with Crippen LogP contribution >= 0.6 is 11.3 Å². The molecule has 0 amide bonds. The molecule has 4 heterocycles. The Morgan fingerprint density at radius 3 is 2.74 bits per heavy atom. The summed E-state index contributed by atoms with van der Waals surface area (Å²) in [4.78, 5) is 9.99. The average molecular weight is 492 g/mol. The highest BCUT2D eigenvalue weighted by molar-refractivity contribution is 7.12. The number of nitrogens with one attached hydrogen (secondary N) is 1. The molecule has 3 aromatic rings. The summed E-state index contributed by atoms with van der Waals surface area (Å²) in [6, 6.07) is 12.0. The van der Waals surface area contributed by atoms with E-state index in [9.17, 15) is 18.3 Å². The highest BCUT2D eigenvalue weighted by atomic mass is 32.1. The van der Waals surface area contributed by atoms with Crippen molar-refractivity contribution in [2.45, 2.75) is 44.2 Å². The highest BCUT2D eigenvalue weighted by Crippen LogP contribution is 2.44. The van der Waals surface area contributed by atoms with Gasteiger partial charge in [-0.2, -0.15) is 0 Å². The zero-order valence-corrected chi connectivity index (χ0v) is 20.3. The van der Waals surface area contributed by atoms with E-state index in [0.29, 0.717) is 18.8 Å². The van der Waals surface area contributed by atoms with Crippen LogP contribution in [0.5, 0.6) is 0 Å². The van der Waals surface area contributed by atoms with Crippen LogP contribution in [0.15, 0.2) is 36.4 Å². The largest absolute Gasteiger partial charge is 0.390 e. The van der Waals surface area contributed by atoms with Crippen LogP contribution in [-0.4, -0.2) is 71.3 Å². The monoisotopic (exact) mass is 491 g/mol. The molecule has 0 radical (unpaired) electrons. The summed E-state index contributed by atoms with van der Waals surface area (Å²) < 4.78 is 41.2. The molecule has 5 rings (SSSR count). The first kappa shape index (κ1) is 23.9. The summed E-state index contributed by atoms with van der Waals surface area (Å²) in [5.41, 5.74) is 3.22. The van der Waals surface area contributed by atoms with Gasteiger partial charge in [-0.1, -0.05) is 18.2 Å². The van der Waals surface area contributed by atoms with Gasteiger partial charge < -0.3 is 15.0 Å². The number of aliphatic hydroxyl groups is 1. The summed E-state index contributed by atoms with van der Waals surface area (Å²) in [7, 11) is 0. The quantitative estimate of drug-likeness (QED) is 0.441. The Labute approximate surface area is 202 Å². The Bertz CT molecular complexity index is 1120. The number of H-pyrrole nitrogens is 1. The minimum atomic E-state index is -3.16. The second kappa shape index (κ2) is 9.64. The molecule has 4 nitrogen and oxygen atoms in total. The Hall–Kier alpha value is -1.87. The second-order valence-corrected chi connectivity index (χ2v) is 11.1. The maximum atomic E-state index is 14.4. The summed E-state index contributed by atoms with van der Waals surface area (Å²) in [6.07, 6.45) is 2.24. The van der Waals surface area contributed by atoms with Crippen molar-refractivity contribution in [1.82, 2.24) is 14.8 Å². The van der Waals surface area contributed by atoms with Crippen molar-refractivity contribution < 1.29 is 18.3 Å². The molecular formula is C26H32F3N3OS. The van der Waals surface area contributed by atoms with Crippen LogP contribution in [0.3, 0.4) is 0 Å². The van der Waals surface area contributed by atoms with Gasteiger partial charge in [0.2, 0.25) is 0 Å². The number of likely N-dealkylation sites (tertiary alicyclic amines) is 1. The summed E-state index contributed by atoms with van der Waals surface area (Å²) in [5, 5.41) is 10.4. The third-order valence-corrected chi connectivity index (χ3v) is 8.41. The van der Waals surface area contributed by atoms with Gasteiger partial charge in [0.15, 0.2) is 0 Å². The minimum Gasteiger partial charge on any atom is -0.390 e. The number of benzene rings is 1. The number of alkyl halides is 3. The van der Waals surface area contributed by atoms with Crippen molar-refractivity contribution in [3.63, 3.8) is 0 Å². The lowest BCUT2D eigenvalue weighted by molar-refractivity contribution is -0.0862. The van der Waals surface area contributed by atoms with E-state index < -0.39 is 19.1 Å². The maximum Gasteiger partial charge on any atom is 0.283 e. The third kappa shape index (κ3) is 4.65. The topological polar surface area (TPSA) is 42.5 Å². The fraction of sp³-hybridized carbons (Fsp3) is 0.538. The average Bonchev–Trinajstić information content (AvgIpc) is 3.40. The van der Waals surface area contributed by atoms with E-state index in [4.69, 9.17) is 0 Å². The molecule has 0 saturated carbocycles. The highest BCUT2D eigenvalue weighted by Gasteiger charge is 2.42. The molecule has 2 aromatic heterocycles. The second-order valence-electron chi connectivity index (χ2n) is 9.88. The fourth-order valence-corrected chi connectivity index (χ4v) is 6.84. The number of aliphatic hydroxyl groups excluding tert-OH is 1. The molecule has 2 aliphatic heterocycles. The van der Waals surface area contributed by atoms with Gasteiger partial charge in [-0.15, -0.1) is 11.3 Å². The van der Waals surface area contributed by atoms with Crippen LogP contribution in [0, 0.1) is 5.92 Å². The van der Waals surface area contributed by atoms with Crippen molar-refractivity contribution in [1.29, 1.82) is 0 Å². The number of aromatic nitrogens is 1. The number of nitrogens with zero attached hydrogens (tertiary/aromatic N) is 2. The van der Waals surface area contributed by atoms with Gasteiger partial charge >= 0.3 is 0 Å². The molecule has 34 heavy (non-hydrogen) atoms. The molecule has 1 aromatic carbocycles. The number of hydrogen-bond acceptors (Lipinski definition) is 4. The normalized spacial score (nSPS) is 22.3.